The zero-order valence-electron chi connectivity index (χ0n) is 9.78. The molecular formula is C11H8Cl2N6. The molecule has 2 N–H and O–H groups in total. The summed E-state index contributed by atoms with van der Waals surface area (Å²) in [6.07, 6.45) is 0. The van der Waals surface area contributed by atoms with Gasteiger partial charge in [-0.2, -0.15) is 20.2 Å². The van der Waals surface area contributed by atoms with Crippen molar-refractivity contribution < 1.29 is 0 Å². The van der Waals surface area contributed by atoms with Crippen molar-refractivity contribution >= 4 is 40.8 Å². The normalized spacial score (nSPS) is 9.79. The van der Waals surface area contributed by atoms with E-state index in [4.69, 9.17) is 28.5 Å². The van der Waals surface area contributed by atoms with Crippen LogP contribution in [-0.4, -0.2) is 22.0 Å². The van der Waals surface area contributed by atoms with Crippen LogP contribution in [0.4, 0.5) is 17.6 Å². The molecule has 96 valence electrons. The number of hydrogen-bond acceptors (Lipinski definition) is 6. The van der Waals surface area contributed by atoms with Gasteiger partial charge in [0.2, 0.25) is 17.2 Å². The summed E-state index contributed by atoms with van der Waals surface area (Å²) in [4.78, 5) is 11.8. The summed E-state index contributed by atoms with van der Waals surface area (Å²) in [6, 6.07) is 6.89. The standard InChI is InChI=1S/C11H8Cl2N6/c1-15-10-17-9(13)18-11(19-10)16-8-4-7(12)3-2-6(8)5-14/h2-4H,1H3,(H2,15,16,17,18,19). The van der Waals surface area contributed by atoms with Crippen molar-refractivity contribution in [3.05, 3.63) is 34.1 Å². The van der Waals surface area contributed by atoms with Crippen LogP contribution >= 0.6 is 23.2 Å². The predicted octanol–water partition coefficient (Wildman–Crippen LogP) is 2.84. The van der Waals surface area contributed by atoms with Gasteiger partial charge in [0.15, 0.2) is 0 Å². The molecule has 0 fully saturated rings. The molecular weight excluding hydrogens is 287 g/mol. The van der Waals surface area contributed by atoms with Gasteiger partial charge in [-0.1, -0.05) is 11.6 Å². The quantitative estimate of drug-likeness (QED) is 0.905. The molecule has 0 saturated carbocycles. The van der Waals surface area contributed by atoms with E-state index in [1.807, 2.05) is 6.07 Å². The Morgan fingerprint density at radius 1 is 1.16 bits per heavy atom. The van der Waals surface area contributed by atoms with E-state index in [9.17, 15) is 0 Å². The monoisotopic (exact) mass is 294 g/mol. The molecule has 0 aliphatic rings. The van der Waals surface area contributed by atoms with Crippen molar-refractivity contribution in [2.75, 3.05) is 17.7 Å². The van der Waals surface area contributed by atoms with Crippen LogP contribution in [0.5, 0.6) is 0 Å². The lowest BCUT2D eigenvalue weighted by Crippen LogP contribution is -2.04. The van der Waals surface area contributed by atoms with E-state index in [-0.39, 0.29) is 11.2 Å². The highest BCUT2D eigenvalue weighted by Crippen LogP contribution is 2.23. The summed E-state index contributed by atoms with van der Waals surface area (Å²) in [5.74, 6) is 0.547. The minimum atomic E-state index is 0.0439. The molecule has 1 aromatic carbocycles. The van der Waals surface area contributed by atoms with Crippen LogP contribution in [0.2, 0.25) is 10.3 Å². The fraction of sp³-hybridized carbons (Fsp3) is 0.0909. The van der Waals surface area contributed by atoms with Gasteiger partial charge < -0.3 is 10.6 Å². The molecule has 0 atom stereocenters. The number of halogens is 2. The van der Waals surface area contributed by atoms with Gasteiger partial charge in [0, 0.05) is 12.1 Å². The van der Waals surface area contributed by atoms with Crippen molar-refractivity contribution in [2.24, 2.45) is 0 Å². The lowest BCUT2D eigenvalue weighted by Gasteiger charge is -2.08. The Morgan fingerprint density at radius 2 is 1.89 bits per heavy atom. The van der Waals surface area contributed by atoms with Crippen molar-refractivity contribution in [3.63, 3.8) is 0 Å². The molecule has 6 nitrogen and oxygen atoms in total. The summed E-state index contributed by atoms with van der Waals surface area (Å²) in [5, 5.41) is 15.2. The van der Waals surface area contributed by atoms with E-state index in [1.165, 1.54) is 0 Å². The summed E-state index contributed by atoms with van der Waals surface area (Å²) in [7, 11) is 1.66. The maximum Gasteiger partial charge on any atom is 0.233 e. The average molecular weight is 295 g/mol. The van der Waals surface area contributed by atoms with E-state index in [2.05, 4.69) is 25.6 Å². The molecule has 0 radical (unpaired) electrons. The van der Waals surface area contributed by atoms with Crippen molar-refractivity contribution in [2.45, 2.75) is 0 Å². The van der Waals surface area contributed by atoms with Gasteiger partial charge in [-0.25, -0.2) is 0 Å². The summed E-state index contributed by atoms with van der Waals surface area (Å²) >= 11 is 11.7. The predicted molar refractivity (Wildman–Crippen MR) is 73.8 cm³/mol. The molecule has 2 aromatic rings. The maximum atomic E-state index is 9.02. The molecule has 8 heteroatoms. The van der Waals surface area contributed by atoms with Crippen LogP contribution < -0.4 is 10.6 Å². The Kier molecular flexibility index (Phi) is 4.00. The van der Waals surface area contributed by atoms with Gasteiger partial charge in [0.25, 0.3) is 0 Å². The second kappa shape index (κ2) is 5.69. The number of nitriles is 1. The minimum Gasteiger partial charge on any atom is -0.357 e. The molecule has 0 saturated heterocycles. The van der Waals surface area contributed by atoms with Crippen LogP contribution in [0.1, 0.15) is 5.56 Å². The van der Waals surface area contributed by atoms with Gasteiger partial charge >= 0.3 is 0 Å². The number of nitrogens with one attached hydrogen (secondary N) is 2. The highest BCUT2D eigenvalue weighted by molar-refractivity contribution is 6.31. The van der Waals surface area contributed by atoms with Crippen LogP contribution in [0, 0.1) is 11.3 Å². The SMILES string of the molecule is CNc1nc(Cl)nc(Nc2cc(Cl)ccc2C#N)n1. The third-order valence-electron chi connectivity index (χ3n) is 2.18. The minimum absolute atomic E-state index is 0.0439. The van der Waals surface area contributed by atoms with E-state index < -0.39 is 0 Å². The number of aromatic nitrogens is 3. The zero-order valence-corrected chi connectivity index (χ0v) is 11.3. The molecule has 1 aromatic heterocycles. The average Bonchev–Trinajstić information content (AvgIpc) is 2.38. The fourth-order valence-corrected chi connectivity index (χ4v) is 1.69. The Balaban J connectivity index is 2.38. The highest BCUT2D eigenvalue weighted by Gasteiger charge is 2.08. The molecule has 1 heterocycles. The maximum absolute atomic E-state index is 9.02. The molecule has 0 unspecified atom stereocenters. The van der Waals surface area contributed by atoms with Crippen LogP contribution in [0.15, 0.2) is 18.2 Å². The van der Waals surface area contributed by atoms with E-state index >= 15 is 0 Å². The number of benzene rings is 1. The number of rotatable bonds is 3. The van der Waals surface area contributed by atoms with Crippen LogP contribution in [0.25, 0.3) is 0 Å². The van der Waals surface area contributed by atoms with Gasteiger partial charge in [0.05, 0.1) is 11.3 Å². The summed E-state index contributed by atoms with van der Waals surface area (Å²) < 4.78 is 0. The van der Waals surface area contributed by atoms with Crippen LogP contribution in [0.3, 0.4) is 0 Å². The number of nitrogens with zero attached hydrogens (tertiary/aromatic N) is 4. The number of anilines is 3. The van der Waals surface area contributed by atoms with Crippen molar-refractivity contribution in [1.82, 2.24) is 15.0 Å². The highest BCUT2D eigenvalue weighted by atomic mass is 35.5. The van der Waals surface area contributed by atoms with E-state index in [0.29, 0.717) is 22.2 Å². The van der Waals surface area contributed by atoms with Gasteiger partial charge in [0.1, 0.15) is 6.07 Å². The Hall–Kier alpha value is -2.10. The van der Waals surface area contributed by atoms with Crippen LogP contribution in [-0.2, 0) is 0 Å². The fourth-order valence-electron chi connectivity index (χ4n) is 1.36. The second-order valence-electron chi connectivity index (χ2n) is 3.43. The Bertz CT molecular complexity index is 652. The van der Waals surface area contributed by atoms with E-state index in [1.54, 1.807) is 25.2 Å². The van der Waals surface area contributed by atoms with Crippen molar-refractivity contribution in [3.8, 4) is 6.07 Å². The second-order valence-corrected chi connectivity index (χ2v) is 4.20. The van der Waals surface area contributed by atoms with Gasteiger partial charge in [-0.3, -0.25) is 0 Å². The molecule has 0 bridgehead atoms. The third kappa shape index (κ3) is 3.22. The first-order valence-electron chi connectivity index (χ1n) is 5.18. The lowest BCUT2D eigenvalue weighted by molar-refractivity contribution is 1.05. The zero-order chi connectivity index (χ0) is 13.8. The molecule has 0 aliphatic heterocycles. The largest absolute Gasteiger partial charge is 0.357 e. The molecule has 2 rings (SSSR count). The van der Waals surface area contributed by atoms with Gasteiger partial charge in [-0.05, 0) is 29.8 Å². The summed E-state index contributed by atoms with van der Waals surface area (Å²) in [6.45, 7) is 0. The molecule has 0 spiro atoms. The smallest absolute Gasteiger partial charge is 0.233 e. The molecule has 19 heavy (non-hydrogen) atoms. The lowest BCUT2D eigenvalue weighted by atomic mass is 10.2. The molecule has 0 aliphatic carbocycles. The Morgan fingerprint density at radius 3 is 2.58 bits per heavy atom. The van der Waals surface area contributed by atoms with E-state index in [0.717, 1.165) is 0 Å². The first-order valence-corrected chi connectivity index (χ1v) is 5.94. The summed E-state index contributed by atoms with van der Waals surface area (Å²) in [5.41, 5.74) is 0.922. The van der Waals surface area contributed by atoms with Crippen molar-refractivity contribution in [1.29, 1.82) is 5.26 Å². The first kappa shape index (κ1) is 13.3. The first-order chi connectivity index (χ1) is 9.12. The molecule has 0 amide bonds. The third-order valence-corrected chi connectivity index (χ3v) is 2.58. The number of hydrogen-bond donors (Lipinski definition) is 2. The topological polar surface area (TPSA) is 86.5 Å². The van der Waals surface area contributed by atoms with Gasteiger partial charge in [-0.15, -0.1) is 0 Å². The Labute approximate surface area is 119 Å².